The average Bonchev–Trinajstić information content (AvgIpc) is 3.78. The fourth-order valence-corrected chi connectivity index (χ4v) is 5.97. The molecule has 258 valence electrons. The van der Waals surface area contributed by atoms with Crippen LogP contribution in [0.5, 0.6) is 11.5 Å². The zero-order valence-electron chi connectivity index (χ0n) is 34.9. The van der Waals surface area contributed by atoms with Crippen LogP contribution >= 0.6 is 0 Å². The molecule has 7 rings (SSSR count). The molecule has 0 aliphatic rings. The van der Waals surface area contributed by atoms with E-state index in [1.54, 1.807) is 70.5 Å². The van der Waals surface area contributed by atoms with E-state index in [1.165, 1.54) is 0 Å². The summed E-state index contributed by atoms with van der Waals surface area (Å²) in [7, 11) is 0. The first-order valence-corrected chi connectivity index (χ1v) is 16.6. The molecule has 0 amide bonds. The van der Waals surface area contributed by atoms with Crippen LogP contribution < -0.4 is 9.30 Å². The molecule has 0 aliphatic carbocycles. The van der Waals surface area contributed by atoms with Crippen LogP contribution in [0.1, 0.15) is 66.5 Å². The van der Waals surface area contributed by atoms with Gasteiger partial charge in [-0.25, -0.2) is 4.98 Å². The number of aromatic nitrogens is 5. The van der Waals surface area contributed by atoms with Crippen molar-refractivity contribution in [2.24, 2.45) is 17.8 Å². The molecule has 0 atom stereocenters. The third-order valence-electron chi connectivity index (χ3n) is 7.79. The van der Waals surface area contributed by atoms with E-state index >= 15 is 0 Å². The van der Waals surface area contributed by atoms with Crippen LogP contribution in [0.2, 0.25) is 0 Å². The maximum absolute atomic E-state index is 8.79. The van der Waals surface area contributed by atoms with Crippen molar-refractivity contribution in [2.75, 3.05) is 0 Å². The predicted octanol–water partition coefficient (Wildman–Crippen LogP) is 9.43. The molecule has 0 N–H and O–H groups in total. The van der Waals surface area contributed by atoms with Gasteiger partial charge in [-0.2, -0.15) is 6.07 Å². The Kier molecular flexibility index (Phi) is 8.54. The quantitative estimate of drug-likeness (QED) is 0.0964. The summed E-state index contributed by atoms with van der Waals surface area (Å²) in [6.45, 7) is 11.0. The van der Waals surface area contributed by atoms with Crippen LogP contribution in [0.15, 0.2) is 97.7 Å². The molecule has 0 radical (unpaired) electrons. The van der Waals surface area contributed by atoms with Crippen molar-refractivity contribution in [3.8, 4) is 28.7 Å². The SMILES string of the molecule is [2H]C([2H])(c1cc(-[n+]2[c-]n(-c3[c-]c(Oc4[c-]c5c(cc4)c4ccccc4n5-c4cc(C([2H])([2H])C(C)C)ccn4)cnc3)cc2)cc(C([2H])([2H])C(C)C)c1)C(C)C.[Pt]. The van der Waals surface area contributed by atoms with Gasteiger partial charge in [-0.05, 0) is 90.0 Å². The van der Waals surface area contributed by atoms with Crippen molar-refractivity contribution in [3.05, 3.63) is 133 Å². The maximum Gasteiger partial charge on any atom is 0.267 e. The second-order valence-electron chi connectivity index (χ2n) is 13.0. The molecule has 0 unspecified atom stereocenters. The maximum atomic E-state index is 8.79. The Morgan fingerprint density at radius 1 is 0.780 bits per heavy atom. The van der Waals surface area contributed by atoms with Crippen molar-refractivity contribution >= 4 is 21.8 Å². The number of benzene rings is 3. The van der Waals surface area contributed by atoms with Crippen molar-refractivity contribution in [2.45, 2.75) is 60.7 Å². The number of para-hydroxylation sites is 1. The standard InChI is InChI=1S/C43H43N5O.Pt/c1-29(2)17-32-13-14-45-43(23-32)48-41-10-8-7-9-39(41)40-12-11-37(25-42(40)48)49-38-24-36(26-44-27-38)47-16-15-46(28-47)35-21-33(18-30(3)4)20-34(22-35)19-31(5)6;/h7-16,20-23,26-27,29-31H,17-19H2,1-6H3;/q-2;/i17D2,18D2,19D2;. The summed E-state index contributed by atoms with van der Waals surface area (Å²) in [5.41, 5.74) is 4.12. The van der Waals surface area contributed by atoms with Gasteiger partial charge in [0, 0.05) is 64.9 Å². The summed E-state index contributed by atoms with van der Waals surface area (Å²) < 4.78 is 64.2. The molecule has 6 nitrogen and oxygen atoms in total. The average molecular weight is 847 g/mol. The van der Waals surface area contributed by atoms with Gasteiger partial charge in [-0.3, -0.25) is 4.57 Å². The monoisotopic (exact) mass is 846 g/mol. The largest absolute Gasteiger partial charge is 0.508 e. The van der Waals surface area contributed by atoms with Crippen molar-refractivity contribution in [3.63, 3.8) is 0 Å². The number of rotatable bonds is 11. The molecule has 50 heavy (non-hydrogen) atoms. The molecule has 7 heteroatoms. The Morgan fingerprint density at radius 3 is 2.24 bits per heavy atom. The van der Waals surface area contributed by atoms with Crippen LogP contribution in [0.25, 0.3) is 39.0 Å². The van der Waals surface area contributed by atoms with Gasteiger partial charge in [0.2, 0.25) is 0 Å². The Morgan fingerprint density at radius 2 is 1.50 bits per heavy atom. The van der Waals surface area contributed by atoms with Crippen molar-refractivity contribution in [1.82, 2.24) is 19.1 Å². The Bertz CT molecular complexity index is 2490. The third kappa shape index (κ3) is 7.76. The van der Waals surface area contributed by atoms with Gasteiger partial charge in [0.15, 0.2) is 0 Å². The van der Waals surface area contributed by atoms with E-state index in [-0.39, 0.29) is 38.8 Å². The van der Waals surface area contributed by atoms with E-state index in [4.69, 9.17) is 13.0 Å². The molecule has 0 bridgehead atoms. The van der Waals surface area contributed by atoms with Crippen LogP contribution in [-0.4, -0.2) is 19.1 Å². The van der Waals surface area contributed by atoms with E-state index in [9.17, 15) is 0 Å². The molecule has 7 aromatic rings. The molecule has 0 spiro atoms. The zero-order chi connectivity index (χ0) is 39.4. The smallest absolute Gasteiger partial charge is 0.267 e. The fraction of sp³-hybridized carbons (Fsp3) is 0.279. The molecule has 3 aromatic carbocycles. The van der Waals surface area contributed by atoms with Gasteiger partial charge >= 0.3 is 0 Å². The van der Waals surface area contributed by atoms with Gasteiger partial charge in [0.05, 0.1) is 5.69 Å². The van der Waals surface area contributed by atoms with Gasteiger partial charge in [-0.15, -0.1) is 23.6 Å². The Balaban J connectivity index is 0.00000532. The topological polar surface area (TPSA) is 48.8 Å². The summed E-state index contributed by atoms with van der Waals surface area (Å²) in [5.74, 6) is 0.463. The molecular weight excluding hydrogens is 798 g/mol. The van der Waals surface area contributed by atoms with E-state index in [2.05, 4.69) is 28.4 Å². The van der Waals surface area contributed by atoms with Crippen molar-refractivity contribution in [1.29, 1.82) is 0 Å². The van der Waals surface area contributed by atoms with Crippen LogP contribution in [-0.2, 0) is 40.2 Å². The van der Waals surface area contributed by atoms with Gasteiger partial charge in [0.25, 0.3) is 6.33 Å². The second-order valence-corrected chi connectivity index (χ2v) is 13.0. The Labute approximate surface area is 318 Å². The van der Waals surface area contributed by atoms with Gasteiger partial charge in [0.1, 0.15) is 5.82 Å². The molecule has 0 fully saturated rings. The van der Waals surface area contributed by atoms with Crippen LogP contribution in [0.4, 0.5) is 0 Å². The second kappa shape index (κ2) is 15.1. The first-order valence-electron chi connectivity index (χ1n) is 19.6. The Hall–Kier alpha value is -4.54. The molecule has 0 saturated heterocycles. The molecular formula is C43H43N5OPt-2. The molecule has 4 aromatic heterocycles. The molecule has 0 aliphatic heterocycles. The summed E-state index contributed by atoms with van der Waals surface area (Å²) in [6, 6.07) is 27.2. The molecule has 4 heterocycles. The number of fused-ring (bicyclic) bond motifs is 3. The minimum atomic E-state index is -1.68. The van der Waals surface area contributed by atoms with E-state index in [1.807, 2.05) is 82.5 Å². The number of hydrogen-bond donors (Lipinski definition) is 0. The number of imidazole rings is 1. The minimum absolute atomic E-state index is 0. The van der Waals surface area contributed by atoms with Gasteiger partial charge in [-0.1, -0.05) is 88.6 Å². The summed E-state index contributed by atoms with van der Waals surface area (Å²) in [6.07, 6.45) is 6.74. The molecule has 0 saturated carbocycles. The van der Waals surface area contributed by atoms with E-state index in [0.29, 0.717) is 45.4 Å². The predicted molar refractivity (Wildman–Crippen MR) is 196 cm³/mol. The third-order valence-corrected chi connectivity index (χ3v) is 7.79. The first-order chi connectivity index (χ1) is 26.0. The normalized spacial score (nSPS) is 14.3. The van der Waals surface area contributed by atoms with Crippen LogP contribution in [0, 0.1) is 36.2 Å². The first kappa shape index (κ1) is 28.2. The van der Waals surface area contributed by atoms with Gasteiger partial charge < -0.3 is 18.9 Å². The minimum Gasteiger partial charge on any atom is -0.508 e. The van der Waals surface area contributed by atoms with E-state index < -0.39 is 19.1 Å². The zero-order valence-corrected chi connectivity index (χ0v) is 31.2. The van der Waals surface area contributed by atoms with Crippen molar-refractivity contribution < 1.29 is 38.6 Å². The van der Waals surface area contributed by atoms with E-state index in [0.717, 1.165) is 21.8 Å². The number of ether oxygens (including phenoxy) is 1. The number of pyridine rings is 2. The number of nitrogens with zero attached hydrogens (tertiary/aromatic N) is 5. The summed E-state index contributed by atoms with van der Waals surface area (Å²) in [5, 5.41) is 1.95. The fourth-order valence-electron chi connectivity index (χ4n) is 5.97. The summed E-state index contributed by atoms with van der Waals surface area (Å²) >= 11 is 0. The number of hydrogen-bond acceptors (Lipinski definition) is 3. The summed E-state index contributed by atoms with van der Waals surface area (Å²) in [4.78, 5) is 9.07. The van der Waals surface area contributed by atoms with Crippen LogP contribution in [0.3, 0.4) is 0 Å².